The number of rotatable bonds is 3. The van der Waals surface area contributed by atoms with E-state index in [0.29, 0.717) is 12.6 Å². The maximum absolute atomic E-state index is 5.21. The Morgan fingerprint density at radius 2 is 2.64 bits per heavy atom. The lowest BCUT2D eigenvalue weighted by molar-refractivity contribution is 0.602. The van der Waals surface area contributed by atoms with Crippen molar-refractivity contribution in [3.8, 4) is 12.3 Å². The van der Waals surface area contributed by atoms with Crippen LogP contribution in [0.5, 0.6) is 0 Å². The largest absolute Gasteiger partial charge is 0.314 e. The number of terminal acetylenes is 1. The first-order valence-electron chi connectivity index (χ1n) is 5.06. The number of nitrogens with zero attached hydrogens (tertiary/aromatic N) is 2. The van der Waals surface area contributed by atoms with Crippen LogP contribution in [0.2, 0.25) is 0 Å². The van der Waals surface area contributed by atoms with Gasteiger partial charge in [-0.25, -0.2) is 0 Å². The third-order valence-corrected chi connectivity index (χ3v) is 2.58. The molecule has 1 fully saturated rings. The monoisotopic (exact) mass is 189 g/mol. The van der Waals surface area contributed by atoms with Gasteiger partial charge in [-0.1, -0.05) is 5.92 Å². The van der Waals surface area contributed by atoms with E-state index in [2.05, 4.69) is 16.3 Å². The first-order chi connectivity index (χ1) is 6.88. The summed E-state index contributed by atoms with van der Waals surface area (Å²) >= 11 is 0. The number of hydrogen-bond donors (Lipinski definition) is 1. The molecule has 2 heterocycles. The fraction of sp³-hybridized carbons (Fsp3) is 0.545. The molecule has 0 aliphatic carbocycles. The first-order valence-corrected chi connectivity index (χ1v) is 5.06. The highest BCUT2D eigenvalue weighted by atomic mass is 15.3. The van der Waals surface area contributed by atoms with Crippen molar-refractivity contribution in [1.29, 1.82) is 0 Å². The van der Waals surface area contributed by atoms with E-state index in [1.807, 2.05) is 17.1 Å². The van der Waals surface area contributed by atoms with Crippen LogP contribution in [-0.4, -0.2) is 22.4 Å². The number of aromatic nitrogens is 2. The summed E-state index contributed by atoms with van der Waals surface area (Å²) in [6.07, 6.45) is 12.8. The van der Waals surface area contributed by atoms with Gasteiger partial charge in [0.05, 0.1) is 6.20 Å². The Labute approximate surface area is 84.5 Å². The third kappa shape index (κ3) is 2.15. The highest BCUT2D eigenvalue weighted by Gasteiger charge is 2.14. The van der Waals surface area contributed by atoms with Crippen LogP contribution in [-0.2, 0) is 13.0 Å². The predicted octanol–water partition coefficient (Wildman–Crippen LogP) is 0.811. The minimum Gasteiger partial charge on any atom is -0.314 e. The van der Waals surface area contributed by atoms with Crippen LogP contribution in [0.15, 0.2) is 12.4 Å². The Hall–Kier alpha value is -1.27. The van der Waals surface area contributed by atoms with Crippen LogP contribution in [0, 0.1) is 12.3 Å². The molecule has 1 atom stereocenters. The first kappa shape index (κ1) is 9.29. The van der Waals surface area contributed by atoms with Crippen LogP contribution in [0.25, 0.3) is 0 Å². The minimum atomic E-state index is 0.568. The lowest BCUT2D eigenvalue weighted by Crippen LogP contribution is -2.23. The molecule has 1 unspecified atom stereocenters. The van der Waals surface area contributed by atoms with Gasteiger partial charge in [-0.05, 0) is 31.4 Å². The Balaban J connectivity index is 1.92. The van der Waals surface area contributed by atoms with Gasteiger partial charge in [0.1, 0.15) is 6.54 Å². The van der Waals surface area contributed by atoms with Crippen molar-refractivity contribution in [2.45, 2.75) is 31.8 Å². The molecule has 0 aromatic carbocycles. The predicted molar refractivity (Wildman–Crippen MR) is 55.8 cm³/mol. The van der Waals surface area contributed by atoms with Gasteiger partial charge in [0, 0.05) is 12.2 Å². The molecule has 3 nitrogen and oxygen atoms in total. The summed E-state index contributed by atoms with van der Waals surface area (Å²) in [4.78, 5) is 0. The van der Waals surface area contributed by atoms with Crippen molar-refractivity contribution in [1.82, 2.24) is 15.1 Å². The van der Waals surface area contributed by atoms with Gasteiger partial charge in [0.25, 0.3) is 0 Å². The van der Waals surface area contributed by atoms with Crippen LogP contribution >= 0.6 is 0 Å². The molecule has 1 aromatic rings. The fourth-order valence-corrected chi connectivity index (χ4v) is 1.91. The molecular weight excluding hydrogens is 174 g/mol. The van der Waals surface area contributed by atoms with Gasteiger partial charge in [-0.2, -0.15) is 5.10 Å². The molecular formula is C11H15N3. The molecule has 1 aromatic heterocycles. The summed E-state index contributed by atoms with van der Waals surface area (Å²) in [6.45, 7) is 1.72. The molecule has 1 N–H and O–H groups in total. The molecule has 14 heavy (non-hydrogen) atoms. The van der Waals surface area contributed by atoms with Crippen molar-refractivity contribution in [3.63, 3.8) is 0 Å². The summed E-state index contributed by atoms with van der Waals surface area (Å²) in [5.74, 6) is 2.58. The maximum Gasteiger partial charge on any atom is 0.101 e. The standard InChI is InChI=1S/C11H15N3/c1-2-6-14-9-10(8-13-14)7-11-4-3-5-12-11/h1,8-9,11-12H,3-7H2. The maximum atomic E-state index is 5.21. The van der Waals surface area contributed by atoms with Crippen LogP contribution < -0.4 is 5.32 Å². The lowest BCUT2D eigenvalue weighted by atomic mass is 10.1. The zero-order valence-electron chi connectivity index (χ0n) is 8.24. The Morgan fingerprint density at radius 3 is 3.36 bits per heavy atom. The summed E-state index contributed by atoms with van der Waals surface area (Å²) in [5, 5.41) is 7.66. The molecule has 0 bridgehead atoms. The summed E-state index contributed by atoms with van der Waals surface area (Å²) < 4.78 is 1.81. The van der Waals surface area contributed by atoms with Crippen molar-refractivity contribution < 1.29 is 0 Å². The molecule has 0 radical (unpaired) electrons. The lowest BCUT2D eigenvalue weighted by Gasteiger charge is -2.06. The molecule has 74 valence electrons. The number of hydrogen-bond acceptors (Lipinski definition) is 2. The summed E-state index contributed by atoms with van der Waals surface area (Å²) in [6, 6.07) is 0.637. The zero-order valence-corrected chi connectivity index (χ0v) is 8.24. The van der Waals surface area contributed by atoms with E-state index >= 15 is 0 Å². The summed E-state index contributed by atoms with van der Waals surface area (Å²) in [7, 11) is 0. The van der Waals surface area contributed by atoms with Gasteiger partial charge < -0.3 is 5.32 Å². The topological polar surface area (TPSA) is 29.9 Å². The van der Waals surface area contributed by atoms with E-state index in [9.17, 15) is 0 Å². The quantitative estimate of drug-likeness (QED) is 0.713. The van der Waals surface area contributed by atoms with E-state index in [-0.39, 0.29) is 0 Å². The van der Waals surface area contributed by atoms with Gasteiger partial charge >= 0.3 is 0 Å². The molecule has 0 saturated carbocycles. The van der Waals surface area contributed by atoms with Crippen LogP contribution in [0.4, 0.5) is 0 Å². The van der Waals surface area contributed by atoms with E-state index in [4.69, 9.17) is 6.42 Å². The summed E-state index contributed by atoms with van der Waals surface area (Å²) in [5.41, 5.74) is 1.28. The molecule has 1 saturated heterocycles. The third-order valence-electron chi connectivity index (χ3n) is 2.58. The fourth-order valence-electron chi connectivity index (χ4n) is 1.91. The van der Waals surface area contributed by atoms with Gasteiger partial charge in [-0.3, -0.25) is 4.68 Å². The Morgan fingerprint density at radius 1 is 1.71 bits per heavy atom. The molecule has 2 rings (SSSR count). The second-order valence-corrected chi connectivity index (χ2v) is 3.75. The van der Waals surface area contributed by atoms with Crippen molar-refractivity contribution in [2.75, 3.05) is 6.54 Å². The highest BCUT2D eigenvalue weighted by molar-refractivity contribution is 5.07. The zero-order chi connectivity index (χ0) is 9.80. The van der Waals surface area contributed by atoms with Crippen molar-refractivity contribution in [3.05, 3.63) is 18.0 Å². The Kier molecular flexibility index (Phi) is 2.85. The van der Waals surface area contributed by atoms with E-state index in [0.717, 1.165) is 13.0 Å². The smallest absolute Gasteiger partial charge is 0.101 e. The molecule has 0 amide bonds. The molecule has 0 spiro atoms. The van der Waals surface area contributed by atoms with Gasteiger partial charge in [0.15, 0.2) is 0 Å². The van der Waals surface area contributed by atoms with E-state index in [1.165, 1.54) is 18.4 Å². The van der Waals surface area contributed by atoms with Crippen LogP contribution in [0.1, 0.15) is 18.4 Å². The minimum absolute atomic E-state index is 0.568. The van der Waals surface area contributed by atoms with Crippen LogP contribution in [0.3, 0.4) is 0 Å². The highest BCUT2D eigenvalue weighted by Crippen LogP contribution is 2.11. The second kappa shape index (κ2) is 4.30. The SMILES string of the molecule is C#CCn1cc(CC2CCCN2)cn1. The average Bonchev–Trinajstić information content (AvgIpc) is 2.79. The van der Waals surface area contributed by atoms with E-state index in [1.54, 1.807) is 0 Å². The van der Waals surface area contributed by atoms with Crippen molar-refractivity contribution >= 4 is 0 Å². The van der Waals surface area contributed by atoms with Gasteiger partial charge in [-0.15, -0.1) is 6.42 Å². The van der Waals surface area contributed by atoms with E-state index < -0.39 is 0 Å². The molecule has 3 heteroatoms. The molecule has 1 aliphatic heterocycles. The Bertz CT molecular complexity index is 329. The average molecular weight is 189 g/mol. The second-order valence-electron chi connectivity index (χ2n) is 3.75. The molecule has 1 aliphatic rings. The number of nitrogens with one attached hydrogen (secondary N) is 1. The normalized spacial score (nSPS) is 20.9. The van der Waals surface area contributed by atoms with Crippen molar-refractivity contribution in [2.24, 2.45) is 0 Å². The van der Waals surface area contributed by atoms with Gasteiger partial charge in [0.2, 0.25) is 0 Å².